The molecule has 1 fully saturated rings. The zero-order valence-corrected chi connectivity index (χ0v) is 9.73. The lowest BCUT2D eigenvalue weighted by atomic mass is 9.97. The first kappa shape index (κ1) is 12.3. The monoisotopic (exact) mass is 237 g/mol. The summed E-state index contributed by atoms with van der Waals surface area (Å²) in [5.41, 5.74) is 7.01. The van der Waals surface area contributed by atoms with E-state index in [0.717, 1.165) is 13.2 Å². The predicted octanol–water partition coefficient (Wildman–Crippen LogP) is 2.70. The zero-order valence-electron chi connectivity index (χ0n) is 8.22. The largest absolute Gasteiger partial charge is 0.376 e. The van der Waals surface area contributed by atoms with Crippen molar-refractivity contribution in [3.8, 4) is 0 Å². The molecule has 1 aliphatic rings. The first-order valence-corrected chi connectivity index (χ1v) is 5.82. The van der Waals surface area contributed by atoms with Crippen molar-refractivity contribution in [3.63, 3.8) is 0 Å². The maximum absolute atomic E-state index is 5.70. The Morgan fingerprint density at radius 3 is 2.79 bits per heavy atom. The summed E-state index contributed by atoms with van der Waals surface area (Å²) in [4.78, 5) is 0. The first-order chi connectivity index (χ1) is 6.77. The van der Waals surface area contributed by atoms with E-state index in [-0.39, 0.29) is 0 Å². The Bertz CT molecular complexity index is 197. The highest BCUT2D eigenvalue weighted by molar-refractivity contribution is 6.36. The third-order valence-electron chi connectivity index (χ3n) is 2.81. The van der Waals surface area contributed by atoms with Crippen molar-refractivity contribution in [1.82, 2.24) is 0 Å². The Balaban J connectivity index is 2.17. The Morgan fingerprint density at radius 2 is 2.14 bits per heavy atom. The molecule has 1 saturated carbocycles. The lowest BCUT2D eigenvalue weighted by Gasteiger charge is -2.17. The van der Waals surface area contributed by atoms with Crippen LogP contribution in [0.1, 0.15) is 19.3 Å². The van der Waals surface area contributed by atoms with E-state index in [1.807, 2.05) is 0 Å². The Kier molecular flexibility index (Phi) is 5.87. The molecule has 14 heavy (non-hydrogen) atoms. The SMILES string of the molecule is NCC1CCCC1COCC(Cl)=CCl. The van der Waals surface area contributed by atoms with Crippen LogP contribution in [-0.4, -0.2) is 19.8 Å². The van der Waals surface area contributed by atoms with Gasteiger partial charge in [0.05, 0.1) is 18.2 Å². The van der Waals surface area contributed by atoms with Crippen molar-refractivity contribution < 1.29 is 4.74 Å². The summed E-state index contributed by atoms with van der Waals surface area (Å²) in [5.74, 6) is 1.24. The molecule has 2 nitrogen and oxygen atoms in total. The number of halogens is 2. The third-order valence-corrected chi connectivity index (χ3v) is 3.40. The smallest absolute Gasteiger partial charge is 0.0832 e. The van der Waals surface area contributed by atoms with Crippen molar-refractivity contribution in [2.45, 2.75) is 19.3 Å². The first-order valence-electron chi connectivity index (χ1n) is 5.00. The molecule has 0 heterocycles. The van der Waals surface area contributed by atoms with Crippen molar-refractivity contribution in [2.24, 2.45) is 17.6 Å². The van der Waals surface area contributed by atoms with E-state index in [0.29, 0.717) is 23.5 Å². The van der Waals surface area contributed by atoms with Crippen molar-refractivity contribution in [2.75, 3.05) is 19.8 Å². The lowest BCUT2D eigenvalue weighted by Crippen LogP contribution is -2.22. The molecule has 0 amide bonds. The summed E-state index contributed by atoms with van der Waals surface area (Å²) in [6, 6.07) is 0. The molecule has 0 aromatic heterocycles. The van der Waals surface area contributed by atoms with Crippen molar-refractivity contribution >= 4 is 23.2 Å². The Morgan fingerprint density at radius 1 is 1.43 bits per heavy atom. The average molecular weight is 238 g/mol. The van der Waals surface area contributed by atoms with Gasteiger partial charge in [-0.3, -0.25) is 0 Å². The van der Waals surface area contributed by atoms with Gasteiger partial charge in [-0.2, -0.15) is 0 Å². The second kappa shape index (κ2) is 6.67. The van der Waals surface area contributed by atoms with Crippen LogP contribution >= 0.6 is 23.2 Å². The van der Waals surface area contributed by atoms with Crippen LogP contribution in [0.4, 0.5) is 0 Å². The second-order valence-electron chi connectivity index (χ2n) is 3.76. The van der Waals surface area contributed by atoms with Crippen molar-refractivity contribution in [3.05, 3.63) is 10.6 Å². The Labute approximate surface area is 95.4 Å². The summed E-state index contributed by atoms with van der Waals surface area (Å²) in [7, 11) is 0. The highest BCUT2D eigenvalue weighted by Gasteiger charge is 2.25. The van der Waals surface area contributed by atoms with Gasteiger partial charge >= 0.3 is 0 Å². The summed E-state index contributed by atoms with van der Waals surface area (Å²) >= 11 is 11.1. The molecule has 0 saturated heterocycles. The average Bonchev–Trinajstić information content (AvgIpc) is 2.65. The number of rotatable bonds is 5. The van der Waals surface area contributed by atoms with Crippen LogP contribution < -0.4 is 5.73 Å². The second-order valence-corrected chi connectivity index (χ2v) is 4.46. The highest BCUT2D eigenvalue weighted by atomic mass is 35.5. The minimum Gasteiger partial charge on any atom is -0.376 e. The Hall–Kier alpha value is 0.240. The zero-order chi connectivity index (χ0) is 10.4. The third kappa shape index (κ3) is 3.77. The van der Waals surface area contributed by atoms with E-state index in [1.54, 1.807) is 0 Å². The van der Waals surface area contributed by atoms with E-state index in [1.165, 1.54) is 24.8 Å². The minimum atomic E-state index is 0.416. The number of hydrogen-bond acceptors (Lipinski definition) is 2. The van der Waals surface area contributed by atoms with Crippen LogP contribution in [0.3, 0.4) is 0 Å². The molecule has 0 aromatic rings. The van der Waals surface area contributed by atoms with E-state index in [2.05, 4.69) is 0 Å². The molecule has 1 rings (SSSR count). The van der Waals surface area contributed by atoms with E-state index < -0.39 is 0 Å². The van der Waals surface area contributed by atoms with Gasteiger partial charge in [0, 0.05) is 5.54 Å². The van der Waals surface area contributed by atoms with Gasteiger partial charge in [-0.05, 0) is 31.2 Å². The quantitative estimate of drug-likeness (QED) is 0.799. The van der Waals surface area contributed by atoms with Crippen LogP contribution in [-0.2, 0) is 4.74 Å². The molecular weight excluding hydrogens is 221 g/mol. The topological polar surface area (TPSA) is 35.2 Å². The van der Waals surface area contributed by atoms with Gasteiger partial charge in [-0.1, -0.05) is 29.6 Å². The minimum absolute atomic E-state index is 0.416. The number of hydrogen-bond donors (Lipinski definition) is 1. The highest BCUT2D eigenvalue weighted by Crippen LogP contribution is 2.31. The summed E-state index contributed by atoms with van der Waals surface area (Å²) in [5, 5.41) is 0.550. The van der Waals surface area contributed by atoms with E-state index >= 15 is 0 Å². The molecule has 1 aliphatic carbocycles. The number of nitrogens with two attached hydrogens (primary N) is 1. The molecule has 0 aliphatic heterocycles. The van der Waals surface area contributed by atoms with Crippen LogP contribution in [0.5, 0.6) is 0 Å². The summed E-state index contributed by atoms with van der Waals surface area (Å²) < 4.78 is 5.46. The van der Waals surface area contributed by atoms with Gasteiger partial charge in [-0.15, -0.1) is 0 Å². The molecule has 4 heteroatoms. The van der Waals surface area contributed by atoms with Gasteiger partial charge in [0.25, 0.3) is 0 Å². The van der Waals surface area contributed by atoms with Crippen LogP contribution in [0.25, 0.3) is 0 Å². The summed E-state index contributed by atoms with van der Waals surface area (Å²) in [6.07, 6.45) is 3.74. The fraction of sp³-hybridized carbons (Fsp3) is 0.800. The predicted molar refractivity (Wildman–Crippen MR) is 60.5 cm³/mol. The maximum Gasteiger partial charge on any atom is 0.0832 e. The van der Waals surface area contributed by atoms with E-state index in [9.17, 15) is 0 Å². The molecule has 0 radical (unpaired) electrons. The van der Waals surface area contributed by atoms with Crippen molar-refractivity contribution in [1.29, 1.82) is 0 Å². The molecule has 2 atom stereocenters. The maximum atomic E-state index is 5.70. The van der Waals surface area contributed by atoms with Gasteiger partial charge < -0.3 is 10.5 Å². The normalized spacial score (nSPS) is 28.4. The van der Waals surface area contributed by atoms with Gasteiger partial charge in [0.15, 0.2) is 0 Å². The van der Waals surface area contributed by atoms with Crippen LogP contribution in [0.2, 0.25) is 0 Å². The molecule has 0 aromatic carbocycles. The molecule has 2 unspecified atom stereocenters. The molecule has 0 spiro atoms. The molecule has 82 valence electrons. The lowest BCUT2D eigenvalue weighted by molar-refractivity contribution is 0.106. The van der Waals surface area contributed by atoms with Gasteiger partial charge in [0.2, 0.25) is 0 Å². The van der Waals surface area contributed by atoms with Gasteiger partial charge in [0.1, 0.15) is 0 Å². The molecule has 0 bridgehead atoms. The molecule has 2 N–H and O–H groups in total. The fourth-order valence-electron chi connectivity index (χ4n) is 1.98. The fourth-order valence-corrected chi connectivity index (χ4v) is 2.12. The van der Waals surface area contributed by atoms with Crippen LogP contribution in [0.15, 0.2) is 10.6 Å². The molecular formula is C10H17Cl2NO. The standard InChI is InChI=1S/C10H17Cl2NO/c11-4-10(12)7-14-6-9-3-1-2-8(9)5-13/h4,8-9H,1-3,5-7,13H2. The van der Waals surface area contributed by atoms with E-state index in [4.69, 9.17) is 33.7 Å². The van der Waals surface area contributed by atoms with Gasteiger partial charge in [-0.25, -0.2) is 0 Å². The summed E-state index contributed by atoms with van der Waals surface area (Å²) in [6.45, 7) is 1.94. The van der Waals surface area contributed by atoms with Crippen LogP contribution in [0, 0.1) is 11.8 Å². The number of ether oxygens (including phenoxy) is 1.